The number of rotatable bonds is 7. The van der Waals surface area contributed by atoms with Gasteiger partial charge in [-0.1, -0.05) is 11.6 Å². The van der Waals surface area contributed by atoms with Crippen molar-refractivity contribution in [3.63, 3.8) is 0 Å². The van der Waals surface area contributed by atoms with Gasteiger partial charge >= 0.3 is 5.69 Å². The molecule has 0 fully saturated rings. The van der Waals surface area contributed by atoms with Crippen molar-refractivity contribution in [1.29, 1.82) is 0 Å². The molecular formula is C10H14ClN3O4. The smallest absolute Gasteiger partial charge is 0.311 e. The first kappa shape index (κ1) is 14.6. The molecule has 7 nitrogen and oxygen atoms in total. The lowest BCUT2D eigenvalue weighted by Gasteiger charge is -2.17. The zero-order valence-corrected chi connectivity index (χ0v) is 10.6. The molecule has 1 rings (SSSR count). The summed E-state index contributed by atoms with van der Waals surface area (Å²) in [5.41, 5.74) is -0.168. The monoisotopic (exact) mass is 275 g/mol. The lowest BCUT2D eigenvalue weighted by Crippen LogP contribution is -2.27. The third kappa shape index (κ3) is 4.10. The highest BCUT2D eigenvalue weighted by atomic mass is 35.5. The van der Waals surface area contributed by atoms with E-state index in [1.807, 2.05) is 0 Å². The SMILES string of the molecule is COCC(CCO)Nc1nc(Cl)ccc1[N+](=O)[O-]. The third-order valence-electron chi connectivity index (χ3n) is 2.22. The molecule has 1 aromatic heterocycles. The van der Waals surface area contributed by atoms with E-state index in [2.05, 4.69) is 10.3 Å². The zero-order chi connectivity index (χ0) is 13.5. The number of aromatic nitrogens is 1. The second-order valence-electron chi connectivity index (χ2n) is 3.57. The first-order valence-corrected chi connectivity index (χ1v) is 5.63. The van der Waals surface area contributed by atoms with Gasteiger partial charge < -0.3 is 15.2 Å². The van der Waals surface area contributed by atoms with Crippen LogP contribution >= 0.6 is 11.6 Å². The molecule has 2 N–H and O–H groups in total. The fourth-order valence-electron chi connectivity index (χ4n) is 1.43. The van der Waals surface area contributed by atoms with E-state index < -0.39 is 4.92 Å². The molecule has 0 aliphatic carbocycles. The highest BCUT2D eigenvalue weighted by Gasteiger charge is 2.19. The number of ether oxygens (including phenoxy) is 1. The van der Waals surface area contributed by atoms with E-state index in [0.717, 1.165) is 0 Å². The summed E-state index contributed by atoms with van der Waals surface area (Å²) in [7, 11) is 1.51. The van der Waals surface area contributed by atoms with Crippen LogP contribution in [0.2, 0.25) is 5.15 Å². The standard InChI is InChI=1S/C10H14ClN3O4/c1-18-6-7(4-5-15)12-10-8(14(16)17)2-3-9(11)13-10/h2-3,7,15H,4-6H2,1H3,(H,12,13). The average molecular weight is 276 g/mol. The lowest BCUT2D eigenvalue weighted by molar-refractivity contribution is -0.384. The van der Waals surface area contributed by atoms with Crippen LogP contribution in [0.25, 0.3) is 0 Å². The van der Waals surface area contributed by atoms with Crippen LogP contribution in [0, 0.1) is 10.1 Å². The molecule has 0 amide bonds. The predicted molar refractivity (Wildman–Crippen MR) is 66.9 cm³/mol. The van der Waals surface area contributed by atoms with Gasteiger partial charge in [0.25, 0.3) is 0 Å². The normalized spacial score (nSPS) is 12.2. The molecule has 1 heterocycles. The number of nitro groups is 1. The molecule has 1 atom stereocenters. The van der Waals surface area contributed by atoms with Crippen LogP contribution in [0.3, 0.4) is 0 Å². The van der Waals surface area contributed by atoms with Gasteiger partial charge in [0.15, 0.2) is 0 Å². The number of methoxy groups -OCH3 is 1. The van der Waals surface area contributed by atoms with E-state index in [-0.39, 0.29) is 29.3 Å². The van der Waals surface area contributed by atoms with E-state index in [0.29, 0.717) is 13.0 Å². The summed E-state index contributed by atoms with van der Waals surface area (Å²) in [6.45, 7) is 0.237. The van der Waals surface area contributed by atoms with Crippen molar-refractivity contribution in [3.8, 4) is 0 Å². The topological polar surface area (TPSA) is 97.5 Å². The van der Waals surface area contributed by atoms with Crippen molar-refractivity contribution in [2.75, 3.05) is 25.6 Å². The molecule has 1 unspecified atom stereocenters. The largest absolute Gasteiger partial charge is 0.396 e. The van der Waals surface area contributed by atoms with Crippen molar-refractivity contribution in [3.05, 3.63) is 27.4 Å². The Morgan fingerprint density at radius 3 is 2.94 bits per heavy atom. The van der Waals surface area contributed by atoms with Crippen LogP contribution in [0.1, 0.15) is 6.42 Å². The summed E-state index contributed by atoms with van der Waals surface area (Å²) < 4.78 is 4.96. The van der Waals surface area contributed by atoms with Crippen molar-refractivity contribution in [2.45, 2.75) is 12.5 Å². The summed E-state index contributed by atoms with van der Waals surface area (Å²) >= 11 is 5.70. The van der Waals surface area contributed by atoms with E-state index in [4.69, 9.17) is 21.4 Å². The predicted octanol–water partition coefficient (Wildman–Crippen LogP) is 1.45. The summed E-state index contributed by atoms with van der Waals surface area (Å²) in [4.78, 5) is 14.2. The molecule has 0 bridgehead atoms. The third-order valence-corrected chi connectivity index (χ3v) is 2.43. The van der Waals surface area contributed by atoms with Gasteiger partial charge in [0.05, 0.1) is 17.6 Å². The van der Waals surface area contributed by atoms with Gasteiger partial charge in [0.1, 0.15) is 5.15 Å². The highest BCUT2D eigenvalue weighted by molar-refractivity contribution is 6.29. The first-order chi connectivity index (χ1) is 8.58. The number of nitrogens with one attached hydrogen (secondary N) is 1. The Balaban J connectivity index is 2.92. The van der Waals surface area contributed by atoms with Crippen LogP contribution in [-0.2, 0) is 4.74 Å². The Hall–Kier alpha value is -1.44. The van der Waals surface area contributed by atoms with Crippen molar-refractivity contribution >= 4 is 23.1 Å². The number of hydrogen-bond donors (Lipinski definition) is 2. The van der Waals surface area contributed by atoms with Crippen LogP contribution in [0.15, 0.2) is 12.1 Å². The fourth-order valence-corrected chi connectivity index (χ4v) is 1.58. The van der Waals surface area contributed by atoms with Crippen molar-refractivity contribution < 1.29 is 14.8 Å². The maximum absolute atomic E-state index is 10.8. The van der Waals surface area contributed by atoms with Crippen molar-refractivity contribution in [2.24, 2.45) is 0 Å². The van der Waals surface area contributed by atoms with Gasteiger partial charge in [-0.3, -0.25) is 10.1 Å². The average Bonchev–Trinajstić information content (AvgIpc) is 2.29. The molecule has 0 saturated carbocycles. The molecular weight excluding hydrogens is 262 g/mol. The maximum atomic E-state index is 10.8. The molecule has 0 aliphatic heterocycles. The van der Waals surface area contributed by atoms with Gasteiger partial charge in [0.2, 0.25) is 5.82 Å². The second kappa shape index (κ2) is 7.10. The summed E-state index contributed by atoms with van der Waals surface area (Å²) in [5, 5.41) is 22.7. The maximum Gasteiger partial charge on any atom is 0.311 e. The number of pyridine rings is 1. The van der Waals surface area contributed by atoms with E-state index >= 15 is 0 Å². The fraction of sp³-hybridized carbons (Fsp3) is 0.500. The number of nitrogens with zero attached hydrogens (tertiary/aromatic N) is 2. The molecule has 0 aliphatic rings. The summed E-state index contributed by atoms with van der Waals surface area (Å²) in [5.74, 6) is 0.0722. The van der Waals surface area contributed by atoms with Gasteiger partial charge in [0, 0.05) is 19.8 Å². The number of hydrogen-bond acceptors (Lipinski definition) is 6. The van der Waals surface area contributed by atoms with Gasteiger partial charge in [-0.2, -0.15) is 0 Å². The van der Waals surface area contributed by atoms with Gasteiger partial charge in [-0.25, -0.2) is 4.98 Å². The lowest BCUT2D eigenvalue weighted by atomic mass is 10.2. The Kier molecular flexibility index (Phi) is 5.76. The number of halogens is 1. The molecule has 100 valence electrons. The number of aliphatic hydroxyl groups is 1. The molecule has 0 saturated heterocycles. The van der Waals surface area contributed by atoms with E-state index in [1.165, 1.54) is 19.2 Å². The second-order valence-corrected chi connectivity index (χ2v) is 3.95. The molecule has 0 radical (unpaired) electrons. The van der Waals surface area contributed by atoms with Crippen LogP contribution in [0.5, 0.6) is 0 Å². The van der Waals surface area contributed by atoms with Crippen LogP contribution in [0.4, 0.5) is 11.5 Å². The Labute approximate surface area is 109 Å². The number of anilines is 1. The number of aliphatic hydroxyl groups excluding tert-OH is 1. The zero-order valence-electron chi connectivity index (χ0n) is 9.80. The molecule has 18 heavy (non-hydrogen) atoms. The van der Waals surface area contributed by atoms with Gasteiger partial charge in [-0.15, -0.1) is 0 Å². The summed E-state index contributed by atoms with van der Waals surface area (Å²) in [6.07, 6.45) is 0.388. The molecule has 1 aromatic rings. The van der Waals surface area contributed by atoms with Crippen LogP contribution in [-0.4, -0.2) is 41.4 Å². The Bertz CT molecular complexity index is 410. The molecule has 0 spiro atoms. The van der Waals surface area contributed by atoms with Crippen molar-refractivity contribution in [1.82, 2.24) is 4.98 Å². The minimum atomic E-state index is -0.547. The molecule has 8 heteroatoms. The van der Waals surface area contributed by atoms with Crippen LogP contribution < -0.4 is 5.32 Å². The van der Waals surface area contributed by atoms with E-state index in [1.54, 1.807) is 0 Å². The summed E-state index contributed by atoms with van der Waals surface area (Å²) in [6, 6.07) is 2.35. The Morgan fingerprint density at radius 1 is 1.67 bits per heavy atom. The molecule has 0 aromatic carbocycles. The van der Waals surface area contributed by atoms with Gasteiger partial charge in [-0.05, 0) is 12.5 Å². The Morgan fingerprint density at radius 2 is 2.39 bits per heavy atom. The highest BCUT2D eigenvalue weighted by Crippen LogP contribution is 2.24. The van der Waals surface area contributed by atoms with E-state index in [9.17, 15) is 10.1 Å². The minimum absolute atomic E-state index is 0.0601. The quantitative estimate of drug-likeness (QED) is 0.444. The minimum Gasteiger partial charge on any atom is -0.396 e. The first-order valence-electron chi connectivity index (χ1n) is 5.25.